The molecule has 1 fully saturated rings. The van der Waals surface area contributed by atoms with E-state index in [1.54, 1.807) is 0 Å². The summed E-state index contributed by atoms with van der Waals surface area (Å²) in [5.74, 6) is -0.528. The third kappa shape index (κ3) is 2.34. The Hall–Kier alpha value is -0.980. The number of hydrogen-bond donors (Lipinski definition) is 1. The van der Waals surface area contributed by atoms with E-state index in [-0.39, 0.29) is 10.8 Å². The van der Waals surface area contributed by atoms with Crippen molar-refractivity contribution in [3.05, 3.63) is 30.1 Å². The van der Waals surface area contributed by atoms with Crippen LogP contribution in [0.15, 0.2) is 29.2 Å². The first-order valence-corrected chi connectivity index (χ1v) is 6.94. The number of hydrogen-bond acceptors (Lipinski definition) is 3. The van der Waals surface area contributed by atoms with Gasteiger partial charge in [0, 0.05) is 13.1 Å². The van der Waals surface area contributed by atoms with Crippen molar-refractivity contribution in [1.29, 1.82) is 0 Å². The van der Waals surface area contributed by atoms with Crippen LogP contribution >= 0.6 is 0 Å². The average Bonchev–Trinajstić information content (AvgIpc) is 2.78. The van der Waals surface area contributed by atoms with Crippen molar-refractivity contribution in [2.45, 2.75) is 11.3 Å². The van der Waals surface area contributed by atoms with Crippen LogP contribution in [0.2, 0.25) is 0 Å². The molecule has 0 aromatic heterocycles. The lowest BCUT2D eigenvalue weighted by Gasteiger charge is -2.16. The van der Waals surface area contributed by atoms with E-state index >= 15 is 0 Å². The molecule has 0 unspecified atom stereocenters. The molecule has 0 bridgehead atoms. The van der Waals surface area contributed by atoms with Gasteiger partial charge in [0.05, 0.1) is 0 Å². The van der Waals surface area contributed by atoms with Crippen LogP contribution in [0, 0.1) is 11.7 Å². The van der Waals surface area contributed by atoms with Gasteiger partial charge in [0.2, 0.25) is 10.0 Å². The molecule has 17 heavy (non-hydrogen) atoms. The minimum absolute atomic E-state index is 0.177. The van der Waals surface area contributed by atoms with Crippen LogP contribution in [0.25, 0.3) is 0 Å². The molecule has 4 nitrogen and oxygen atoms in total. The maximum atomic E-state index is 13.5. The molecular weight excluding hydrogens is 243 g/mol. The number of nitrogens with zero attached hydrogens (tertiary/aromatic N) is 1. The van der Waals surface area contributed by atoms with E-state index in [0.29, 0.717) is 19.6 Å². The van der Waals surface area contributed by atoms with E-state index in [1.807, 2.05) is 0 Å². The second-order valence-electron chi connectivity index (χ2n) is 4.18. The zero-order chi connectivity index (χ0) is 12.5. The zero-order valence-corrected chi connectivity index (χ0v) is 10.2. The van der Waals surface area contributed by atoms with Gasteiger partial charge in [-0.05, 0) is 31.0 Å². The van der Waals surface area contributed by atoms with Gasteiger partial charge < -0.3 is 5.73 Å². The Morgan fingerprint density at radius 2 is 2.12 bits per heavy atom. The summed E-state index contributed by atoms with van der Waals surface area (Å²) in [5, 5.41) is 0. The van der Waals surface area contributed by atoms with Crippen LogP contribution < -0.4 is 5.73 Å². The van der Waals surface area contributed by atoms with Crippen LogP contribution in [0.5, 0.6) is 0 Å². The van der Waals surface area contributed by atoms with Gasteiger partial charge in [-0.3, -0.25) is 0 Å². The predicted molar refractivity (Wildman–Crippen MR) is 62.3 cm³/mol. The highest BCUT2D eigenvalue weighted by molar-refractivity contribution is 7.89. The first kappa shape index (κ1) is 12.5. The van der Waals surface area contributed by atoms with E-state index in [0.717, 1.165) is 12.5 Å². The van der Waals surface area contributed by atoms with Gasteiger partial charge in [-0.1, -0.05) is 12.1 Å². The van der Waals surface area contributed by atoms with Crippen molar-refractivity contribution in [2.24, 2.45) is 11.7 Å². The van der Waals surface area contributed by atoms with E-state index in [4.69, 9.17) is 5.73 Å². The number of halogens is 1. The Labute approximate surface area is 100 Å². The van der Waals surface area contributed by atoms with E-state index in [2.05, 4.69) is 0 Å². The first-order chi connectivity index (χ1) is 8.05. The fourth-order valence-corrected chi connectivity index (χ4v) is 3.60. The monoisotopic (exact) mass is 258 g/mol. The summed E-state index contributed by atoms with van der Waals surface area (Å²) in [5.41, 5.74) is 5.51. The first-order valence-electron chi connectivity index (χ1n) is 5.50. The topological polar surface area (TPSA) is 63.4 Å². The highest BCUT2D eigenvalue weighted by atomic mass is 32.2. The molecule has 0 saturated carbocycles. The van der Waals surface area contributed by atoms with Crippen LogP contribution in [0.4, 0.5) is 4.39 Å². The fourth-order valence-electron chi connectivity index (χ4n) is 2.00. The van der Waals surface area contributed by atoms with Gasteiger partial charge in [-0.15, -0.1) is 0 Å². The smallest absolute Gasteiger partial charge is 0.245 e. The molecule has 1 saturated heterocycles. The van der Waals surface area contributed by atoms with E-state index in [9.17, 15) is 12.8 Å². The molecule has 1 atom stereocenters. The Balaban J connectivity index is 2.29. The number of benzene rings is 1. The molecule has 1 heterocycles. The Morgan fingerprint density at radius 1 is 1.41 bits per heavy atom. The summed E-state index contributed by atoms with van der Waals surface area (Å²) in [6.45, 7) is 1.26. The van der Waals surface area contributed by atoms with Crippen LogP contribution in [0.1, 0.15) is 6.42 Å². The molecule has 94 valence electrons. The maximum absolute atomic E-state index is 13.5. The van der Waals surface area contributed by atoms with Gasteiger partial charge in [0.1, 0.15) is 10.7 Å². The third-order valence-corrected chi connectivity index (χ3v) is 4.93. The van der Waals surface area contributed by atoms with Gasteiger partial charge in [-0.2, -0.15) is 4.31 Å². The van der Waals surface area contributed by atoms with E-state index in [1.165, 1.54) is 22.5 Å². The molecular formula is C11H15FN2O2S. The highest BCUT2D eigenvalue weighted by Gasteiger charge is 2.33. The standard InChI is InChI=1S/C11H15FN2O2S/c12-10-3-1-2-4-11(10)17(15,16)14-6-5-9(7-13)8-14/h1-4,9H,5-8,13H2/t9-/m1/s1. The Morgan fingerprint density at radius 3 is 2.71 bits per heavy atom. The van der Waals surface area contributed by atoms with Crippen molar-refractivity contribution in [1.82, 2.24) is 4.31 Å². The van der Waals surface area contributed by atoms with Gasteiger partial charge in [0.15, 0.2) is 0 Å². The molecule has 0 aliphatic carbocycles. The second-order valence-corrected chi connectivity index (χ2v) is 6.09. The minimum atomic E-state index is -3.71. The molecule has 0 spiro atoms. The Kier molecular flexibility index (Phi) is 3.46. The molecule has 0 radical (unpaired) electrons. The molecule has 1 aromatic rings. The predicted octanol–water partition coefficient (Wildman–Crippen LogP) is 0.795. The second kappa shape index (κ2) is 4.72. The summed E-state index contributed by atoms with van der Waals surface area (Å²) in [7, 11) is -3.71. The van der Waals surface area contributed by atoms with Crippen molar-refractivity contribution in [2.75, 3.05) is 19.6 Å². The van der Waals surface area contributed by atoms with Crippen LogP contribution in [-0.4, -0.2) is 32.4 Å². The number of nitrogens with two attached hydrogens (primary N) is 1. The molecule has 2 N–H and O–H groups in total. The molecule has 0 amide bonds. The van der Waals surface area contributed by atoms with Crippen molar-refractivity contribution >= 4 is 10.0 Å². The van der Waals surface area contributed by atoms with Gasteiger partial charge in [-0.25, -0.2) is 12.8 Å². The van der Waals surface area contributed by atoms with E-state index < -0.39 is 15.8 Å². The summed E-state index contributed by atoms with van der Waals surface area (Å²) < 4.78 is 39.1. The SMILES string of the molecule is NC[C@H]1CCN(S(=O)(=O)c2ccccc2F)C1. The van der Waals surface area contributed by atoms with Gasteiger partial charge in [0.25, 0.3) is 0 Å². The van der Waals surface area contributed by atoms with Crippen LogP contribution in [0.3, 0.4) is 0 Å². The lowest BCUT2D eigenvalue weighted by molar-refractivity contribution is 0.453. The maximum Gasteiger partial charge on any atom is 0.245 e. The average molecular weight is 258 g/mol. The summed E-state index contributed by atoms with van der Waals surface area (Å²) in [6, 6.07) is 5.44. The van der Waals surface area contributed by atoms with Gasteiger partial charge >= 0.3 is 0 Å². The molecule has 1 aliphatic rings. The lowest BCUT2D eigenvalue weighted by Crippen LogP contribution is -2.30. The molecule has 1 aliphatic heterocycles. The summed E-state index contributed by atoms with van der Waals surface area (Å²) in [4.78, 5) is -0.252. The lowest BCUT2D eigenvalue weighted by atomic mass is 10.1. The number of rotatable bonds is 3. The highest BCUT2D eigenvalue weighted by Crippen LogP contribution is 2.25. The zero-order valence-electron chi connectivity index (χ0n) is 9.34. The van der Waals surface area contributed by atoms with Crippen molar-refractivity contribution in [3.8, 4) is 0 Å². The largest absolute Gasteiger partial charge is 0.330 e. The summed E-state index contributed by atoms with van der Waals surface area (Å²) >= 11 is 0. The number of sulfonamides is 1. The normalized spacial score (nSPS) is 21.9. The summed E-state index contributed by atoms with van der Waals surface area (Å²) in [6.07, 6.45) is 0.740. The van der Waals surface area contributed by atoms with Crippen molar-refractivity contribution in [3.63, 3.8) is 0 Å². The van der Waals surface area contributed by atoms with Crippen LogP contribution in [-0.2, 0) is 10.0 Å². The quantitative estimate of drug-likeness (QED) is 0.872. The fraction of sp³-hybridized carbons (Fsp3) is 0.455. The minimum Gasteiger partial charge on any atom is -0.330 e. The Bertz CT molecular complexity index is 504. The molecule has 1 aromatic carbocycles. The molecule has 2 rings (SSSR count). The third-order valence-electron chi connectivity index (χ3n) is 3.04. The van der Waals surface area contributed by atoms with Crippen molar-refractivity contribution < 1.29 is 12.8 Å². The molecule has 6 heteroatoms.